The van der Waals surface area contributed by atoms with Gasteiger partial charge in [-0.15, -0.1) is 11.3 Å². The largest absolute Gasteiger partial charge is 0.483 e. The number of carbonyl (C=O) groups excluding carboxylic acids is 1. The molecule has 1 fully saturated rings. The minimum absolute atomic E-state index is 0.0997. The number of thiazole rings is 1. The number of amides is 1. The Labute approximate surface area is 159 Å². The molecular formula is C17H19N5O4S. The standard InChI is InChI=1S/C16H17N5O2S.CH2O2/c1-17-14(22)7-13-19-16(21(20-13)10-5-6-23-8-10)11-3-2-4-12-15(11)24-9-18-12;2-1-3/h2-4,9-10H,5-8H2,1H3,(H,17,22);1H,(H,2,3). The molecule has 1 saturated heterocycles. The molecule has 9 nitrogen and oxygen atoms in total. The van der Waals surface area contributed by atoms with Crippen molar-refractivity contribution < 1.29 is 19.4 Å². The van der Waals surface area contributed by atoms with Crippen LogP contribution in [-0.2, 0) is 20.7 Å². The monoisotopic (exact) mass is 389 g/mol. The van der Waals surface area contributed by atoms with Crippen LogP contribution in [0.1, 0.15) is 18.3 Å². The fourth-order valence-electron chi connectivity index (χ4n) is 2.89. The fourth-order valence-corrected chi connectivity index (χ4v) is 3.69. The number of nitrogens with zero attached hydrogens (tertiary/aromatic N) is 4. The Bertz CT molecular complexity index is 932. The van der Waals surface area contributed by atoms with Crippen molar-refractivity contribution in [3.8, 4) is 11.4 Å². The fraction of sp³-hybridized carbons (Fsp3) is 0.353. The Kier molecular flexibility index (Phi) is 6.09. The van der Waals surface area contributed by atoms with Gasteiger partial charge in [0.2, 0.25) is 5.91 Å². The van der Waals surface area contributed by atoms with E-state index >= 15 is 0 Å². The quantitative estimate of drug-likeness (QED) is 0.649. The van der Waals surface area contributed by atoms with Gasteiger partial charge in [-0.1, -0.05) is 6.07 Å². The molecule has 10 heteroatoms. The molecule has 1 aliphatic heterocycles. The van der Waals surface area contributed by atoms with Gasteiger partial charge in [0.15, 0.2) is 11.6 Å². The molecule has 0 aliphatic carbocycles. The second kappa shape index (κ2) is 8.69. The van der Waals surface area contributed by atoms with Crippen molar-refractivity contribution in [1.29, 1.82) is 0 Å². The molecule has 1 aromatic carbocycles. The minimum atomic E-state index is -0.250. The van der Waals surface area contributed by atoms with Crippen LogP contribution in [0.25, 0.3) is 21.6 Å². The van der Waals surface area contributed by atoms with Crippen molar-refractivity contribution in [2.75, 3.05) is 20.3 Å². The molecule has 0 radical (unpaired) electrons. The molecular weight excluding hydrogens is 370 g/mol. The molecule has 27 heavy (non-hydrogen) atoms. The zero-order chi connectivity index (χ0) is 19.2. The van der Waals surface area contributed by atoms with Gasteiger partial charge in [0, 0.05) is 19.2 Å². The van der Waals surface area contributed by atoms with Gasteiger partial charge in [-0.3, -0.25) is 9.59 Å². The number of hydrogen-bond acceptors (Lipinski definition) is 7. The molecule has 1 unspecified atom stereocenters. The maximum atomic E-state index is 11.7. The average Bonchev–Trinajstić information content (AvgIpc) is 3.41. The predicted octanol–water partition coefficient (Wildman–Crippen LogP) is 1.51. The Morgan fingerprint density at radius 1 is 1.52 bits per heavy atom. The molecule has 2 aromatic heterocycles. The van der Waals surface area contributed by atoms with E-state index in [-0.39, 0.29) is 24.8 Å². The van der Waals surface area contributed by atoms with Gasteiger partial charge in [-0.05, 0) is 18.6 Å². The topological polar surface area (TPSA) is 119 Å². The Hall–Kier alpha value is -2.85. The lowest BCUT2D eigenvalue weighted by molar-refractivity contribution is -0.123. The number of likely N-dealkylation sites (N-methyl/N-ethyl adjacent to an activating group) is 1. The lowest BCUT2D eigenvalue weighted by Crippen LogP contribution is -2.21. The summed E-state index contributed by atoms with van der Waals surface area (Å²) in [4.78, 5) is 29.1. The van der Waals surface area contributed by atoms with E-state index in [0.29, 0.717) is 12.4 Å². The number of hydrogen-bond donors (Lipinski definition) is 2. The highest BCUT2D eigenvalue weighted by atomic mass is 32.1. The van der Waals surface area contributed by atoms with Gasteiger partial charge < -0.3 is 15.2 Å². The third kappa shape index (κ3) is 4.12. The van der Waals surface area contributed by atoms with Crippen molar-refractivity contribution in [3.63, 3.8) is 0 Å². The molecule has 0 spiro atoms. The molecule has 3 heterocycles. The zero-order valence-electron chi connectivity index (χ0n) is 14.7. The second-order valence-corrected chi connectivity index (χ2v) is 6.63. The van der Waals surface area contributed by atoms with E-state index in [4.69, 9.17) is 14.6 Å². The first-order valence-corrected chi connectivity index (χ1v) is 9.20. The second-order valence-electron chi connectivity index (χ2n) is 5.78. The van der Waals surface area contributed by atoms with Gasteiger partial charge in [-0.25, -0.2) is 14.6 Å². The number of fused-ring (bicyclic) bond motifs is 1. The van der Waals surface area contributed by atoms with E-state index in [1.165, 1.54) is 0 Å². The molecule has 2 N–H and O–H groups in total. The number of carbonyl (C=O) groups is 2. The first-order valence-electron chi connectivity index (χ1n) is 8.32. The number of ether oxygens (including phenoxy) is 1. The lowest BCUT2D eigenvalue weighted by Gasteiger charge is -2.11. The summed E-state index contributed by atoms with van der Waals surface area (Å²) < 4.78 is 8.51. The van der Waals surface area contributed by atoms with Crippen LogP contribution < -0.4 is 5.32 Å². The van der Waals surface area contributed by atoms with Crippen molar-refractivity contribution in [3.05, 3.63) is 29.5 Å². The van der Waals surface area contributed by atoms with Crippen molar-refractivity contribution in [2.24, 2.45) is 0 Å². The van der Waals surface area contributed by atoms with Gasteiger partial charge in [0.25, 0.3) is 6.47 Å². The number of carboxylic acid groups (broad SMARTS) is 1. The SMILES string of the molecule is CNC(=O)Cc1nc(-c2cccc3ncsc23)n(C2CCOC2)n1.O=CO. The summed E-state index contributed by atoms with van der Waals surface area (Å²) in [6.07, 6.45) is 1.07. The first-order chi connectivity index (χ1) is 13.2. The number of benzene rings is 1. The summed E-state index contributed by atoms with van der Waals surface area (Å²) in [5.41, 5.74) is 3.78. The maximum absolute atomic E-state index is 11.7. The van der Waals surface area contributed by atoms with E-state index in [9.17, 15) is 4.79 Å². The average molecular weight is 389 g/mol. The van der Waals surface area contributed by atoms with E-state index in [2.05, 4.69) is 20.4 Å². The van der Waals surface area contributed by atoms with Crippen LogP contribution in [0.4, 0.5) is 0 Å². The summed E-state index contributed by atoms with van der Waals surface area (Å²) >= 11 is 1.58. The van der Waals surface area contributed by atoms with E-state index in [1.54, 1.807) is 18.4 Å². The molecule has 4 rings (SSSR count). The highest BCUT2D eigenvalue weighted by Crippen LogP contribution is 2.32. The van der Waals surface area contributed by atoms with Crippen LogP contribution in [0, 0.1) is 0 Å². The molecule has 3 aromatic rings. The molecule has 0 bridgehead atoms. The molecule has 0 saturated carbocycles. The number of aromatic nitrogens is 4. The van der Waals surface area contributed by atoms with E-state index in [0.717, 1.165) is 34.6 Å². The van der Waals surface area contributed by atoms with Gasteiger partial charge in [-0.2, -0.15) is 5.10 Å². The van der Waals surface area contributed by atoms with Gasteiger partial charge in [0.1, 0.15) is 0 Å². The van der Waals surface area contributed by atoms with Crippen molar-refractivity contribution >= 4 is 33.9 Å². The Balaban J connectivity index is 0.000000659. The summed E-state index contributed by atoms with van der Waals surface area (Å²) in [5.74, 6) is 1.20. The predicted molar refractivity (Wildman–Crippen MR) is 99.6 cm³/mol. The summed E-state index contributed by atoms with van der Waals surface area (Å²) in [6.45, 7) is 1.09. The Morgan fingerprint density at radius 2 is 2.33 bits per heavy atom. The van der Waals surface area contributed by atoms with Gasteiger partial charge in [0.05, 0.1) is 34.8 Å². The number of rotatable bonds is 4. The van der Waals surface area contributed by atoms with Crippen LogP contribution in [-0.4, -0.2) is 57.5 Å². The lowest BCUT2D eigenvalue weighted by atomic mass is 10.2. The molecule has 1 amide bonds. The van der Waals surface area contributed by atoms with E-state index < -0.39 is 0 Å². The minimum Gasteiger partial charge on any atom is -0.483 e. The van der Waals surface area contributed by atoms with Crippen LogP contribution in [0.2, 0.25) is 0 Å². The first kappa shape index (κ1) is 18.9. The number of nitrogens with one attached hydrogen (secondary N) is 1. The van der Waals surface area contributed by atoms with Crippen molar-refractivity contribution in [2.45, 2.75) is 18.9 Å². The maximum Gasteiger partial charge on any atom is 0.290 e. The summed E-state index contributed by atoms with van der Waals surface area (Å²) in [5, 5.41) is 14.1. The molecule has 1 atom stereocenters. The Morgan fingerprint density at radius 3 is 3.04 bits per heavy atom. The molecule has 142 valence electrons. The highest BCUT2D eigenvalue weighted by molar-refractivity contribution is 7.17. The van der Waals surface area contributed by atoms with Crippen LogP contribution in [0.15, 0.2) is 23.7 Å². The van der Waals surface area contributed by atoms with Crippen LogP contribution in [0.5, 0.6) is 0 Å². The third-order valence-electron chi connectivity index (χ3n) is 4.12. The summed E-state index contributed by atoms with van der Waals surface area (Å²) in [7, 11) is 1.61. The van der Waals surface area contributed by atoms with Gasteiger partial charge >= 0.3 is 0 Å². The van der Waals surface area contributed by atoms with Crippen molar-refractivity contribution in [1.82, 2.24) is 25.1 Å². The highest BCUT2D eigenvalue weighted by Gasteiger charge is 2.25. The van der Waals surface area contributed by atoms with Crippen LogP contribution >= 0.6 is 11.3 Å². The zero-order valence-corrected chi connectivity index (χ0v) is 15.5. The normalized spacial score (nSPS) is 16.0. The molecule has 1 aliphatic rings. The summed E-state index contributed by atoms with van der Waals surface area (Å²) in [6, 6.07) is 6.13. The van der Waals surface area contributed by atoms with Crippen LogP contribution in [0.3, 0.4) is 0 Å². The van der Waals surface area contributed by atoms with E-state index in [1.807, 2.05) is 28.4 Å². The smallest absolute Gasteiger partial charge is 0.290 e. The third-order valence-corrected chi connectivity index (χ3v) is 5.00.